The van der Waals surface area contributed by atoms with Crippen LogP contribution < -0.4 is 5.32 Å². The van der Waals surface area contributed by atoms with Crippen LogP contribution in [0.4, 0.5) is 5.69 Å². The zero-order valence-electron chi connectivity index (χ0n) is 8.48. The van der Waals surface area contributed by atoms with E-state index in [1.54, 1.807) is 0 Å². The Bertz CT molecular complexity index is 429. The maximum atomic E-state index is 3.47. The Labute approximate surface area is 89.8 Å². The van der Waals surface area contributed by atoms with Crippen molar-refractivity contribution >= 4 is 5.69 Å². The molecule has 0 spiro atoms. The van der Waals surface area contributed by atoms with Gasteiger partial charge < -0.3 is 5.32 Å². The number of fused-ring (bicyclic) bond motifs is 2. The minimum atomic E-state index is 0.574. The summed E-state index contributed by atoms with van der Waals surface area (Å²) in [4.78, 5) is 0. The van der Waals surface area contributed by atoms with Crippen molar-refractivity contribution < 1.29 is 0 Å². The fourth-order valence-corrected chi connectivity index (χ4v) is 2.16. The molecule has 15 heavy (non-hydrogen) atoms. The lowest BCUT2D eigenvalue weighted by atomic mass is 10.0. The van der Waals surface area contributed by atoms with Crippen LogP contribution in [0, 0.1) is 5.92 Å². The van der Waals surface area contributed by atoms with Gasteiger partial charge in [0.25, 0.3) is 0 Å². The summed E-state index contributed by atoms with van der Waals surface area (Å²) in [5.74, 6) is 0.574. The van der Waals surface area contributed by atoms with Crippen molar-refractivity contribution in [3.05, 3.63) is 65.8 Å². The van der Waals surface area contributed by atoms with Crippen LogP contribution in [-0.2, 0) is 0 Å². The largest absolute Gasteiger partial charge is 0.384 e. The van der Waals surface area contributed by atoms with Gasteiger partial charge in [-0.1, -0.05) is 42.5 Å². The summed E-state index contributed by atoms with van der Waals surface area (Å²) in [5, 5.41) is 3.47. The molecular weight excluding hydrogens is 182 g/mol. The maximum Gasteiger partial charge on any atom is 0.0340 e. The summed E-state index contributed by atoms with van der Waals surface area (Å²) in [6, 6.07) is 10.4. The van der Waals surface area contributed by atoms with E-state index in [-0.39, 0.29) is 0 Å². The van der Waals surface area contributed by atoms with Crippen molar-refractivity contribution in [1.29, 1.82) is 0 Å². The summed E-state index contributed by atoms with van der Waals surface area (Å²) in [6.07, 6.45) is 8.86. The lowest BCUT2D eigenvalue weighted by Gasteiger charge is -2.12. The van der Waals surface area contributed by atoms with Crippen molar-refractivity contribution in [2.45, 2.75) is 0 Å². The fraction of sp³-hybridized carbons (Fsp3) is 0.143. The van der Waals surface area contributed by atoms with Crippen LogP contribution >= 0.6 is 0 Å². The van der Waals surface area contributed by atoms with E-state index in [0.29, 0.717) is 5.92 Å². The third-order valence-corrected chi connectivity index (χ3v) is 3.03. The van der Waals surface area contributed by atoms with Gasteiger partial charge >= 0.3 is 0 Å². The first-order valence-corrected chi connectivity index (χ1v) is 5.32. The molecule has 1 aromatic rings. The van der Waals surface area contributed by atoms with Gasteiger partial charge in [-0.05, 0) is 23.3 Å². The Morgan fingerprint density at radius 2 is 1.60 bits per heavy atom. The van der Waals surface area contributed by atoms with Crippen LogP contribution in [0.2, 0.25) is 0 Å². The minimum absolute atomic E-state index is 0.574. The molecule has 74 valence electrons. The molecule has 0 saturated heterocycles. The number of benzene rings is 1. The third-order valence-electron chi connectivity index (χ3n) is 3.03. The number of hydrogen-bond donors (Lipinski definition) is 1. The average Bonchev–Trinajstić information content (AvgIpc) is 2.87. The van der Waals surface area contributed by atoms with E-state index in [2.05, 4.69) is 53.9 Å². The Hall–Kier alpha value is -1.76. The van der Waals surface area contributed by atoms with Gasteiger partial charge in [-0.25, -0.2) is 0 Å². The summed E-state index contributed by atoms with van der Waals surface area (Å²) < 4.78 is 0. The predicted molar refractivity (Wildman–Crippen MR) is 63.7 cm³/mol. The maximum absolute atomic E-state index is 3.47. The van der Waals surface area contributed by atoms with Crippen LogP contribution in [-0.4, -0.2) is 6.54 Å². The van der Waals surface area contributed by atoms with Crippen molar-refractivity contribution in [3.8, 4) is 0 Å². The van der Waals surface area contributed by atoms with E-state index >= 15 is 0 Å². The van der Waals surface area contributed by atoms with Gasteiger partial charge in [0.15, 0.2) is 0 Å². The Morgan fingerprint density at radius 3 is 2.20 bits per heavy atom. The molecule has 0 unspecified atom stereocenters. The van der Waals surface area contributed by atoms with Gasteiger partial charge in [0.2, 0.25) is 0 Å². The van der Waals surface area contributed by atoms with Crippen LogP contribution in [0.5, 0.6) is 0 Å². The average molecular weight is 195 g/mol. The fourth-order valence-electron chi connectivity index (χ4n) is 2.16. The molecular formula is C14H13N. The third kappa shape index (κ3) is 1.50. The van der Waals surface area contributed by atoms with E-state index in [1.165, 1.54) is 16.8 Å². The smallest absolute Gasteiger partial charge is 0.0340 e. The number of hydrogen-bond acceptors (Lipinski definition) is 1. The Kier molecular flexibility index (Phi) is 1.95. The van der Waals surface area contributed by atoms with E-state index in [0.717, 1.165) is 6.54 Å². The number of para-hydroxylation sites is 1. The van der Waals surface area contributed by atoms with Crippen LogP contribution in [0.25, 0.3) is 0 Å². The molecule has 1 nitrogen and oxygen atoms in total. The van der Waals surface area contributed by atoms with E-state index in [4.69, 9.17) is 0 Å². The van der Waals surface area contributed by atoms with Crippen molar-refractivity contribution in [1.82, 2.24) is 0 Å². The normalized spacial score (nSPS) is 17.9. The molecule has 1 aromatic carbocycles. The van der Waals surface area contributed by atoms with Gasteiger partial charge in [0.05, 0.1) is 0 Å². The topological polar surface area (TPSA) is 12.0 Å². The van der Waals surface area contributed by atoms with Gasteiger partial charge in [0, 0.05) is 18.2 Å². The molecule has 0 heterocycles. The number of nitrogens with one attached hydrogen (secondary N) is 1. The van der Waals surface area contributed by atoms with Crippen molar-refractivity contribution in [2.75, 3.05) is 11.9 Å². The highest BCUT2D eigenvalue weighted by atomic mass is 14.9. The second-order valence-corrected chi connectivity index (χ2v) is 3.97. The van der Waals surface area contributed by atoms with E-state index in [9.17, 15) is 0 Å². The first-order valence-electron chi connectivity index (χ1n) is 5.32. The monoisotopic (exact) mass is 195 g/mol. The molecule has 0 aliphatic heterocycles. The summed E-state index contributed by atoms with van der Waals surface area (Å²) >= 11 is 0. The molecule has 0 saturated carbocycles. The molecule has 1 N–H and O–H groups in total. The molecule has 2 aliphatic carbocycles. The van der Waals surface area contributed by atoms with Gasteiger partial charge in [-0.3, -0.25) is 0 Å². The lowest BCUT2D eigenvalue weighted by Crippen LogP contribution is -2.12. The minimum Gasteiger partial charge on any atom is -0.384 e. The number of anilines is 1. The summed E-state index contributed by atoms with van der Waals surface area (Å²) in [5.41, 5.74) is 4.08. The zero-order valence-corrected chi connectivity index (χ0v) is 8.48. The molecule has 2 aliphatic rings. The number of allylic oxidation sites excluding steroid dienone is 4. The quantitative estimate of drug-likeness (QED) is 0.781. The number of rotatable bonds is 3. The molecule has 2 bridgehead atoms. The Balaban J connectivity index is 1.65. The first kappa shape index (κ1) is 8.54. The molecule has 0 radical (unpaired) electrons. The highest BCUT2D eigenvalue weighted by Crippen LogP contribution is 2.34. The van der Waals surface area contributed by atoms with Gasteiger partial charge in [-0.2, -0.15) is 0 Å². The molecule has 0 atom stereocenters. The molecule has 0 amide bonds. The zero-order chi connectivity index (χ0) is 10.1. The van der Waals surface area contributed by atoms with Crippen LogP contribution in [0.3, 0.4) is 0 Å². The second-order valence-electron chi connectivity index (χ2n) is 3.97. The molecule has 0 aromatic heterocycles. The standard InChI is InChI=1S/C14H13N/c1-2-4-13(5-3-1)15-10-14-11-6-7-12(14)9-8-11/h1-9,14-15H,10H2. The van der Waals surface area contributed by atoms with Crippen molar-refractivity contribution in [3.63, 3.8) is 0 Å². The lowest BCUT2D eigenvalue weighted by molar-refractivity contribution is 0.823. The van der Waals surface area contributed by atoms with Crippen molar-refractivity contribution in [2.24, 2.45) is 5.92 Å². The molecule has 0 fully saturated rings. The highest BCUT2D eigenvalue weighted by Gasteiger charge is 2.23. The highest BCUT2D eigenvalue weighted by molar-refractivity contribution is 5.54. The van der Waals surface area contributed by atoms with Crippen LogP contribution in [0.1, 0.15) is 0 Å². The molecule has 3 rings (SSSR count). The van der Waals surface area contributed by atoms with E-state index in [1.807, 2.05) is 6.07 Å². The second kappa shape index (κ2) is 3.43. The predicted octanol–water partition coefficient (Wildman–Crippen LogP) is 3.15. The van der Waals surface area contributed by atoms with Crippen LogP contribution in [0.15, 0.2) is 65.8 Å². The summed E-state index contributed by atoms with van der Waals surface area (Å²) in [7, 11) is 0. The first-order chi connectivity index (χ1) is 7.43. The molecule has 1 heteroatoms. The van der Waals surface area contributed by atoms with E-state index < -0.39 is 0 Å². The van der Waals surface area contributed by atoms with Gasteiger partial charge in [0.1, 0.15) is 0 Å². The SMILES string of the molecule is C1=CC2=CC=C1C2CNc1ccccc1. The Morgan fingerprint density at radius 1 is 0.933 bits per heavy atom. The van der Waals surface area contributed by atoms with Gasteiger partial charge in [-0.15, -0.1) is 0 Å². The summed E-state index contributed by atoms with van der Waals surface area (Å²) in [6.45, 7) is 0.995.